The maximum atomic E-state index is 13.2. The zero-order chi connectivity index (χ0) is 29.6. The van der Waals surface area contributed by atoms with Crippen molar-refractivity contribution in [1.82, 2.24) is 46.0 Å². The Hall–Kier alpha value is -3.77. The van der Waals surface area contributed by atoms with Crippen molar-refractivity contribution in [3.05, 3.63) is 16.9 Å². The second-order valence-corrected chi connectivity index (χ2v) is 12.2. The Bertz CT molecular complexity index is 1270. The van der Waals surface area contributed by atoms with E-state index in [0.29, 0.717) is 31.0 Å². The van der Waals surface area contributed by atoms with Gasteiger partial charge >= 0.3 is 5.97 Å². The van der Waals surface area contributed by atoms with E-state index in [2.05, 4.69) is 31.5 Å². The summed E-state index contributed by atoms with van der Waals surface area (Å²) in [5.74, 6) is -3.04. The molecule has 4 aliphatic heterocycles. The second-order valence-electron chi connectivity index (χ2n) is 10.9. The predicted molar refractivity (Wildman–Crippen MR) is 145 cm³/mol. The monoisotopic (exact) mass is 590 g/mol. The fourth-order valence-electron chi connectivity index (χ4n) is 6.23. The minimum absolute atomic E-state index is 0.0283. The van der Waals surface area contributed by atoms with Gasteiger partial charge in [-0.3, -0.25) is 19.8 Å². The molecule has 0 aliphatic carbocycles. The summed E-state index contributed by atoms with van der Waals surface area (Å²) in [6.07, 6.45) is 1.79. The number of hydrogen-bond donors (Lipinski definition) is 7. The van der Waals surface area contributed by atoms with Gasteiger partial charge in [-0.2, -0.15) is 0 Å². The number of guanidine groups is 1. The van der Waals surface area contributed by atoms with Crippen molar-refractivity contribution in [1.29, 1.82) is 5.41 Å². The van der Waals surface area contributed by atoms with Crippen LogP contribution in [0.25, 0.3) is 0 Å². The second kappa shape index (κ2) is 11.2. The summed E-state index contributed by atoms with van der Waals surface area (Å²) in [5, 5.41) is 36.9. The maximum absolute atomic E-state index is 13.2. The first-order valence-corrected chi connectivity index (χ1v) is 14.2. The Kier molecular flexibility index (Phi) is 7.89. The van der Waals surface area contributed by atoms with Crippen molar-refractivity contribution in [2.24, 2.45) is 23.3 Å². The molecular weight excluding hydrogens is 556 g/mol. The van der Waals surface area contributed by atoms with Crippen molar-refractivity contribution in [2.75, 3.05) is 19.6 Å². The summed E-state index contributed by atoms with van der Waals surface area (Å²) in [6.45, 7) is 4.69. The van der Waals surface area contributed by atoms with Crippen molar-refractivity contribution < 1.29 is 24.3 Å². The zero-order valence-corrected chi connectivity index (χ0v) is 23.4. The average Bonchev–Trinajstić information content (AvgIpc) is 3.68. The Morgan fingerprint density at radius 3 is 2.76 bits per heavy atom. The third-order valence-electron chi connectivity index (χ3n) is 8.12. The molecule has 0 spiro atoms. The minimum Gasteiger partial charge on any atom is -0.477 e. The van der Waals surface area contributed by atoms with Crippen molar-refractivity contribution >= 4 is 41.4 Å². The molecule has 0 aromatic carbocycles. The number of carboxylic acid groups (broad SMARTS) is 1. The van der Waals surface area contributed by atoms with E-state index in [9.17, 15) is 24.3 Å². The molecule has 8 atom stereocenters. The number of nitrogens with zero attached hydrogens (tertiary/aromatic N) is 6. The van der Waals surface area contributed by atoms with Crippen molar-refractivity contribution in [2.45, 2.75) is 62.3 Å². The van der Waals surface area contributed by atoms with Gasteiger partial charge in [-0.05, 0) is 23.8 Å². The Balaban J connectivity index is 1.21. The topological polar surface area (TPSA) is 251 Å². The van der Waals surface area contributed by atoms with Crippen LogP contribution in [0.3, 0.4) is 0 Å². The first-order chi connectivity index (χ1) is 19.5. The van der Waals surface area contributed by atoms with Crippen LogP contribution in [-0.2, 0) is 25.7 Å². The minimum atomic E-state index is -1.18. The number of nitrogens with one attached hydrogen (secondary N) is 4. The van der Waals surface area contributed by atoms with Gasteiger partial charge in [0.05, 0.1) is 24.0 Å². The Morgan fingerprint density at radius 2 is 2.10 bits per heavy atom. The number of amides is 3. The van der Waals surface area contributed by atoms with E-state index in [-0.39, 0.29) is 59.2 Å². The highest BCUT2D eigenvalue weighted by atomic mass is 32.2. The number of thioether (sulfide) groups is 1. The van der Waals surface area contributed by atoms with Crippen LogP contribution < -0.4 is 27.4 Å². The van der Waals surface area contributed by atoms with E-state index in [0.717, 1.165) is 0 Å². The lowest BCUT2D eigenvalue weighted by atomic mass is 9.78. The van der Waals surface area contributed by atoms with Crippen LogP contribution in [0.4, 0.5) is 0 Å². The number of carbonyl (C=O) groups excluding carboxylic acids is 3. The summed E-state index contributed by atoms with van der Waals surface area (Å²) in [4.78, 5) is 54.7. The molecule has 1 aromatic heterocycles. The molecule has 0 bridgehead atoms. The number of aromatic nitrogens is 4. The third kappa shape index (κ3) is 5.45. The summed E-state index contributed by atoms with van der Waals surface area (Å²) >= 11 is 1.39. The fourth-order valence-corrected chi connectivity index (χ4v) is 7.71. The molecule has 5 rings (SSSR count). The highest BCUT2D eigenvalue weighted by Gasteiger charge is 2.60. The number of tetrazole rings is 1. The van der Waals surface area contributed by atoms with E-state index >= 15 is 0 Å². The van der Waals surface area contributed by atoms with Crippen LogP contribution in [0.5, 0.6) is 0 Å². The summed E-state index contributed by atoms with van der Waals surface area (Å²) in [5.41, 5.74) is 11.5. The first kappa shape index (κ1) is 28.7. The molecule has 18 heteroatoms. The molecule has 9 N–H and O–H groups in total. The number of carboxylic acids is 1. The SMILES string of the molecule is C[C@@H](NC(=O)Cn1cnnn1)[C@H]1C(=O)N2C(C(=O)O)=C(S[C@@H]3CN[C@H](C(=O)N4CC(NC(=N)N)[C@@H](N)C4)C3)[C@H](C)[C@H]12. The molecule has 222 valence electrons. The summed E-state index contributed by atoms with van der Waals surface area (Å²) in [7, 11) is 0. The lowest BCUT2D eigenvalue weighted by Crippen LogP contribution is -2.66. The average molecular weight is 591 g/mol. The molecular formula is C23H34N12O5S. The van der Waals surface area contributed by atoms with E-state index in [1.807, 2.05) is 6.92 Å². The lowest BCUT2D eigenvalue weighted by molar-refractivity contribution is -0.158. The molecule has 3 amide bonds. The number of β-lactam (4-membered cyclic amide) rings is 1. The molecule has 1 unspecified atom stereocenters. The summed E-state index contributed by atoms with van der Waals surface area (Å²) in [6, 6.07) is -2.03. The molecule has 0 radical (unpaired) electrons. The fraction of sp³-hybridized carbons (Fsp3) is 0.652. The molecule has 4 aliphatic rings. The van der Waals surface area contributed by atoms with Gasteiger partial charge in [0.1, 0.15) is 18.6 Å². The molecule has 41 heavy (non-hydrogen) atoms. The van der Waals surface area contributed by atoms with Gasteiger partial charge in [0.2, 0.25) is 17.7 Å². The number of aliphatic carboxylic acids is 1. The lowest BCUT2D eigenvalue weighted by Gasteiger charge is -2.47. The van der Waals surface area contributed by atoms with Gasteiger partial charge in [-0.15, -0.1) is 16.9 Å². The van der Waals surface area contributed by atoms with Gasteiger partial charge < -0.3 is 42.3 Å². The van der Waals surface area contributed by atoms with Gasteiger partial charge in [0, 0.05) is 47.8 Å². The number of nitrogens with two attached hydrogens (primary N) is 2. The number of likely N-dealkylation sites (tertiary alicyclic amines) is 1. The summed E-state index contributed by atoms with van der Waals surface area (Å²) < 4.78 is 1.26. The number of hydrogen-bond acceptors (Lipinski definition) is 11. The van der Waals surface area contributed by atoms with Gasteiger partial charge in [0.15, 0.2) is 5.96 Å². The third-order valence-corrected chi connectivity index (χ3v) is 9.63. The van der Waals surface area contributed by atoms with Crippen LogP contribution in [0.1, 0.15) is 20.3 Å². The predicted octanol–water partition coefficient (Wildman–Crippen LogP) is -3.56. The van der Waals surface area contributed by atoms with Crippen LogP contribution in [0.15, 0.2) is 16.9 Å². The normalized spacial score (nSPS) is 31.6. The van der Waals surface area contributed by atoms with Crippen LogP contribution >= 0.6 is 11.8 Å². The standard InChI is InChI=1S/C23H34N12O5S/c1-9-17-16(10(2)29-15(36)7-34-8-28-31-32-34)21(38)35(17)18(22(39)40)19(9)41-11-3-13(27-4-11)20(37)33-5-12(24)14(6-33)30-23(25)26/h8-14,16-17,27H,3-7,24H2,1-2H3,(H,29,36)(H,39,40)(H4,25,26,30)/t9-,10-,11+,12+,13+,14?,16-,17-/m1/s1. The molecule has 3 fully saturated rings. The number of fused-ring (bicyclic) bond motifs is 1. The molecule has 0 saturated carbocycles. The van der Waals surface area contributed by atoms with E-state index in [1.165, 1.54) is 27.7 Å². The molecule has 17 nitrogen and oxygen atoms in total. The van der Waals surface area contributed by atoms with E-state index in [4.69, 9.17) is 16.9 Å². The Morgan fingerprint density at radius 1 is 1.34 bits per heavy atom. The molecule has 3 saturated heterocycles. The van der Waals surface area contributed by atoms with Gasteiger partial charge in [0.25, 0.3) is 0 Å². The maximum Gasteiger partial charge on any atom is 0.353 e. The molecule has 5 heterocycles. The zero-order valence-electron chi connectivity index (χ0n) is 22.6. The van der Waals surface area contributed by atoms with Crippen LogP contribution in [-0.4, -0.2) is 120 Å². The highest BCUT2D eigenvalue weighted by Crippen LogP contribution is 2.51. The van der Waals surface area contributed by atoms with Crippen molar-refractivity contribution in [3.8, 4) is 0 Å². The Labute approximate surface area is 239 Å². The smallest absolute Gasteiger partial charge is 0.353 e. The molecule has 1 aromatic rings. The van der Waals surface area contributed by atoms with E-state index < -0.39 is 30.0 Å². The van der Waals surface area contributed by atoms with Gasteiger partial charge in [-0.1, -0.05) is 6.92 Å². The number of rotatable bonds is 9. The van der Waals surface area contributed by atoms with Crippen LogP contribution in [0, 0.1) is 17.2 Å². The van der Waals surface area contributed by atoms with Crippen LogP contribution in [0.2, 0.25) is 0 Å². The van der Waals surface area contributed by atoms with Crippen molar-refractivity contribution in [3.63, 3.8) is 0 Å². The van der Waals surface area contributed by atoms with E-state index in [1.54, 1.807) is 11.8 Å². The first-order valence-electron chi connectivity index (χ1n) is 13.3. The highest BCUT2D eigenvalue weighted by molar-refractivity contribution is 8.03. The number of carbonyl (C=O) groups is 4. The van der Waals surface area contributed by atoms with Gasteiger partial charge in [-0.25, -0.2) is 9.48 Å². The largest absolute Gasteiger partial charge is 0.477 e. The quantitative estimate of drug-likeness (QED) is 0.0836.